The van der Waals surface area contributed by atoms with Gasteiger partial charge < -0.3 is 0 Å². The topological polar surface area (TPSA) is 35.1 Å². The van der Waals surface area contributed by atoms with Gasteiger partial charge >= 0.3 is 0 Å². The molecule has 0 saturated carbocycles. The van der Waals surface area contributed by atoms with Crippen LogP contribution in [0.4, 0.5) is 0 Å². The fourth-order valence-electron chi connectivity index (χ4n) is 3.98. The minimum Gasteiger partial charge on any atom is -0.294 e. The largest absolute Gasteiger partial charge is 0.294 e. The van der Waals surface area contributed by atoms with Gasteiger partial charge in [0, 0.05) is 16.7 Å². The zero-order valence-electron chi connectivity index (χ0n) is 12.6. The summed E-state index contributed by atoms with van der Waals surface area (Å²) in [5.74, 6) is 0.207. The molecule has 1 aliphatic heterocycles. The zero-order valence-corrected chi connectivity index (χ0v) is 12.6. The van der Waals surface area contributed by atoms with E-state index in [9.17, 15) is 4.79 Å². The third kappa shape index (κ3) is 1.45. The quantitative estimate of drug-likeness (QED) is 0.510. The van der Waals surface area contributed by atoms with Gasteiger partial charge in [-0.25, -0.2) is 0 Å². The monoisotopic (exact) mass is 303 g/mol. The summed E-state index contributed by atoms with van der Waals surface area (Å²) in [7, 11) is 1.65. The van der Waals surface area contributed by atoms with E-state index in [-0.39, 0.29) is 17.5 Å². The van der Waals surface area contributed by atoms with Crippen molar-refractivity contribution in [2.24, 2.45) is 0 Å². The van der Waals surface area contributed by atoms with Gasteiger partial charge in [0.05, 0.1) is 16.8 Å². The van der Waals surface area contributed by atoms with Gasteiger partial charge in [-0.15, -0.1) is 0 Å². The summed E-state index contributed by atoms with van der Waals surface area (Å²) >= 11 is 0. The fourth-order valence-corrected chi connectivity index (χ4v) is 3.98. The van der Waals surface area contributed by atoms with E-state index in [4.69, 9.17) is 4.84 Å². The Balaban J connectivity index is 2.09. The van der Waals surface area contributed by atoms with Gasteiger partial charge in [-0.1, -0.05) is 36.4 Å². The molecular weight excluding hydrogens is 288 g/mol. The number of pyridine rings is 2. The number of hydrogen-bond donors (Lipinski definition) is 0. The first-order valence-electron chi connectivity index (χ1n) is 7.72. The first kappa shape index (κ1) is 12.6. The van der Waals surface area contributed by atoms with Crippen molar-refractivity contribution < 1.29 is 9.57 Å². The van der Waals surface area contributed by atoms with Crippen molar-refractivity contribution in [2.75, 3.05) is 7.11 Å². The second-order valence-electron chi connectivity index (χ2n) is 5.98. The normalized spacial score (nSPS) is 21.1. The van der Waals surface area contributed by atoms with Crippen LogP contribution in [-0.2, 0) is 0 Å². The van der Waals surface area contributed by atoms with E-state index < -0.39 is 0 Å². The lowest BCUT2D eigenvalue weighted by Crippen LogP contribution is -2.42. The Labute approximate surface area is 132 Å². The van der Waals surface area contributed by atoms with Gasteiger partial charge in [-0.05, 0) is 17.7 Å². The lowest BCUT2D eigenvalue weighted by molar-refractivity contribution is -0.864. The maximum Gasteiger partial charge on any atom is 0.289 e. The molecule has 0 saturated heterocycles. The van der Waals surface area contributed by atoms with Gasteiger partial charge in [-0.3, -0.25) is 14.2 Å². The Bertz CT molecular complexity index is 1090. The summed E-state index contributed by atoms with van der Waals surface area (Å²) in [5.41, 5.74) is 3.18. The van der Waals surface area contributed by atoms with Crippen LogP contribution in [0.15, 0.2) is 65.6 Å². The molecule has 5 rings (SSSR count). The van der Waals surface area contributed by atoms with Crippen molar-refractivity contribution >= 4 is 21.8 Å². The highest BCUT2D eigenvalue weighted by atomic mass is 16.6. The van der Waals surface area contributed by atoms with E-state index >= 15 is 0 Å². The van der Waals surface area contributed by atoms with E-state index in [0.29, 0.717) is 0 Å². The minimum atomic E-state index is 0.0438. The number of benzene rings is 1. The maximum absolute atomic E-state index is 13.1. The molecule has 23 heavy (non-hydrogen) atoms. The zero-order chi connectivity index (χ0) is 15.6. The van der Waals surface area contributed by atoms with Crippen LogP contribution in [0, 0.1) is 0 Å². The Hall–Kier alpha value is -2.88. The molecule has 3 aromatic rings. The molecule has 0 radical (unpaired) electrons. The summed E-state index contributed by atoms with van der Waals surface area (Å²) in [5, 5.41) is 1.66. The molecule has 4 heteroatoms. The van der Waals surface area contributed by atoms with Crippen molar-refractivity contribution in [3.05, 3.63) is 76.8 Å². The molecular formula is C19H15N2O2+. The van der Waals surface area contributed by atoms with Crippen LogP contribution < -0.4 is 15.1 Å². The predicted octanol–water partition coefficient (Wildman–Crippen LogP) is 2.26. The SMILES string of the molecule is CO[n+]1ccc2c3c1c1ccccc1c(=O)n3C1C=CC=CC21. The number of fused-ring (bicyclic) bond motifs is 5. The molecule has 0 spiro atoms. The van der Waals surface area contributed by atoms with Gasteiger partial charge in [0.25, 0.3) is 11.1 Å². The summed E-state index contributed by atoms with van der Waals surface area (Å²) in [6.07, 6.45) is 10.3. The van der Waals surface area contributed by atoms with Crippen molar-refractivity contribution in [1.82, 2.24) is 4.57 Å². The molecule has 2 atom stereocenters. The van der Waals surface area contributed by atoms with Crippen LogP contribution in [-0.4, -0.2) is 11.7 Å². The number of nitrogens with zero attached hydrogens (tertiary/aromatic N) is 2. The Morgan fingerprint density at radius 3 is 2.70 bits per heavy atom. The van der Waals surface area contributed by atoms with Crippen molar-refractivity contribution in [3.8, 4) is 0 Å². The highest BCUT2D eigenvalue weighted by Gasteiger charge is 2.37. The molecule has 0 N–H and O–H groups in total. The van der Waals surface area contributed by atoms with Crippen LogP contribution >= 0.6 is 0 Å². The molecule has 1 aliphatic carbocycles. The van der Waals surface area contributed by atoms with Gasteiger partial charge in [0.2, 0.25) is 6.20 Å². The first-order chi connectivity index (χ1) is 11.3. The molecule has 2 aromatic heterocycles. The van der Waals surface area contributed by atoms with Crippen molar-refractivity contribution in [3.63, 3.8) is 0 Å². The van der Waals surface area contributed by atoms with Gasteiger partial charge in [0.1, 0.15) is 12.6 Å². The molecule has 0 fully saturated rings. The highest BCUT2D eigenvalue weighted by molar-refractivity contribution is 6.03. The minimum absolute atomic E-state index is 0.0438. The Morgan fingerprint density at radius 1 is 1.09 bits per heavy atom. The van der Waals surface area contributed by atoms with Crippen LogP contribution in [0.2, 0.25) is 0 Å². The van der Waals surface area contributed by atoms with Crippen molar-refractivity contribution in [2.45, 2.75) is 12.0 Å². The molecule has 2 aliphatic rings. The van der Waals surface area contributed by atoms with Gasteiger partial charge in [-0.2, -0.15) is 0 Å². The standard InChI is InChI=1S/C19H15N2O2/c1-23-20-11-10-14-12-6-4-5-9-16(12)21-18(14)17(20)13-7-2-3-8-15(13)19(21)22/h2-12,16H,1H3/q+1. The Morgan fingerprint density at radius 2 is 1.87 bits per heavy atom. The average molecular weight is 303 g/mol. The summed E-state index contributed by atoms with van der Waals surface area (Å²) in [4.78, 5) is 18.6. The molecule has 1 aromatic carbocycles. The smallest absolute Gasteiger partial charge is 0.289 e. The second kappa shape index (κ2) is 4.32. The third-order valence-corrected chi connectivity index (χ3v) is 4.94. The van der Waals surface area contributed by atoms with E-state index in [1.165, 1.54) is 5.56 Å². The number of hydrogen-bond acceptors (Lipinski definition) is 2. The average Bonchev–Trinajstić information content (AvgIpc) is 2.94. The van der Waals surface area contributed by atoms with E-state index in [1.807, 2.05) is 41.1 Å². The molecule has 3 heterocycles. The van der Waals surface area contributed by atoms with Gasteiger partial charge in [0.15, 0.2) is 0 Å². The van der Waals surface area contributed by atoms with Crippen LogP contribution in [0.5, 0.6) is 0 Å². The maximum atomic E-state index is 13.1. The van der Waals surface area contributed by atoms with E-state index in [1.54, 1.807) is 11.8 Å². The molecule has 0 bridgehead atoms. The molecule has 2 unspecified atom stereocenters. The molecule has 0 amide bonds. The number of aromatic nitrogens is 2. The van der Waals surface area contributed by atoms with Crippen molar-refractivity contribution in [1.29, 1.82) is 0 Å². The lowest BCUT2D eigenvalue weighted by atomic mass is 9.91. The fraction of sp³-hybridized carbons (Fsp3) is 0.158. The van der Waals surface area contributed by atoms with Crippen LogP contribution in [0.1, 0.15) is 17.5 Å². The Kier molecular flexibility index (Phi) is 2.37. The summed E-state index contributed by atoms with van der Waals surface area (Å²) < 4.78 is 3.68. The molecule has 112 valence electrons. The molecule has 4 nitrogen and oxygen atoms in total. The lowest BCUT2D eigenvalue weighted by Gasteiger charge is -2.18. The summed E-state index contributed by atoms with van der Waals surface area (Å²) in [6, 6.07) is 9.86. The number of rotatable bonds is 1. The van der Waals surface area contributed by atoms with E-state index in [2.05, 4.69) is 24.3 Å². The third-order valence-electron chi connectivity index (χ3n) is 4.94. The van der Waals surface area contributed by atoms with Crippen LogP contribution in [0.25, 0.3) is 21.8 Å². The van der Waals surface area contributed by atoms with E-state index in [0.717, 1.165) is 21.8 Å². The second-order valence-corrected chi connectivity index (χ2v) is 5.98. The summed E-state index contributed by atoms with van der Waals surface area (Å²) in [6.45, 7) is 0. The number of allylic oxidation sites excluding steroid dienone is 4. The highest BCUT2D eigenvalue weighted by Crippen LogP contribution is 2.43. The predicted molar refractivity (Wildman–Crippen MR) is 88.5 cm³/mol. The van der Waals surface area contributed by atoms with Crippen LogP contribution in [0.3, 0.4) is 0 Å². The first-order valence-corrected chi connectivity index (χ1v) is 7.72.